The minimum Gasteiger partial charge on any atom is -0.468 e. The van der Waals surface area contributed by atoms with Crippen LogP contribution in [-0.2, 0) is 16.0 Å². The molecule has 0 fully saturated rings. The highest BCUT2D eigenvalue weighted by atomic mass is 19.4. The number of nitrogens with zero attached hydrogens (tertiary/aromatic N) is 1. The molecule has 3 rings (SSSR count). The van der Waals surface area contributed by atoms with Crippen molar-refractivity contribution in [3.8, 4) is 5.88 Å². The number of fused-ring (bicyclic) bond motifs is 1. The fourth-order valence-corrected chi connectivity index (χ4v) is 2.40. The third-order valence-corrected chi connectivity index (χ3v) is 3.57. The third-order valence-electron chi connectivity index (χ3n) is 3.57. The number of esters is 1. The molecule has 9 heteroatoms. The van der Waals surface area contributed by atoms with Crippen molar-refractivity contribution in [3.05, 3.63) is 53.7 Å². The van der Waals surface area contributed by atoms with Crippen LogP contribution in [0, 0.1) is 0 Å². The Morgan fingerprint density at radius 3 is 2.73 bits per heavy atom. The number of aromatic nitrogens is 1. The van der Waals surface area contributed by atoms with Gasteiger partial charge in [0.15, 0.2) is 12.7 Å². The van der Waals surface area contributed by atoms with Crippen molar-refractivity contribution < 1.29 is 32.2 Å². The molecule has 0 saturated heterocycles. The summed E-state index contributed by atoms with van der Waals surface area (Å²) in [5.41, 5.74) is 1.37. The predicted molar refractivity (Wildman–Crippen MR) is 83.8 cm³/mol. The van der Waals surface area contributed by atoms with E-state index >= 15 is 0 Å². The second kappa shape index (κ2) is 7.03. The molecule has 26 heavy (non-hydrogen) atoms. The van der Waals surface area contributed by atoms with Crippen LogP contribution in [-0.4, -0.2) is 35.7 Å². The van der Waals surface area contributed by atoms with Crippen molar-refractivity contribution in [2.45, 2.75) is 18.7 Å². The van der Waals surface area contributed by atoms with Crippen LogP contribution >= 0.6 is 0 Å². The van der Waals surface area contributed by atoms with Crippen LogP contribution in [0.2, 0.25) is 0 Å². The van der Waals surface area contributed by atoms with Crippen molar-refractivity contribution in [2.24, 2.45) is 0 Å². The molecular weight excluding hydrogens is 353 g/mol. The number of nitrogens with one attached hydrogen (secondary N) is 1. The molecule has 136 valence electrons. The molecule has 1 aliphatic heterocycles. The van der Waals surface area contributed by atoms with Crippen LogP contribution in [0.1, 0.15) is 15.9 Å². The van der Waals surface area contributed by atoms with Crippen LogP contribution in [0.3, 0.4) is 0 Å². The number of alkyl halides is 3. The molecule has 2 aromatic rings. The number of anilines is 1. The summed E-state index contributed by atoms with van der Waals surface area (Å²) >= 11 is 0. The number of carbonyl (C=O) groups is 2. The Bertz CT molecular complexity index is 822. The Morgan fingerprint density at radius 2 is 2.04 bits per heavy atom. The van der Waals surface area contributed by atoms with Gasteiger partial charge in [0.05, 0.1) is 17.4 Å². The summed E-state index contributed by atoms with van der Waals surface area (Å²) in [4.78, 5) is 27.9. The van der Waals surface area contributed by atoms with E-state index in [4.69, 9.17) is 4.74 Å². The van der Waals surface area contributed by atoms with E-state index in [-0.39, 0.29) is 18.0 Å². The number of amides is 1. The van der Waals surface area contributed by atoms with E-state index in [0.717, 1.165) is 6.20 Å². The number of pyridine rings is 1. The van der Waals surface area contributed by atoms with Gasteiger partial charge in [-0.2, -0.15) is 13.2 Å². The Hall–Kier alpha value is -3.10. The van der Waals surface area contributed by atoms with Crippen molar-refractivity contribution in [1.82, 2.24) is 4.98 Å². The number of rotatable bonds is 4. The minimum atomic E-state index is -4.46. The molecule has 6 nitrogen and oxygen atoms in total. The van der Waals surface area contributed by atoms with Gasteiger partial charge in [0.2, 0.25) is 5.88 Å². The first-order valence-electron chi connectivity index (χ1n) is 7.57. The number of hydrogen-bond acceptors (Lipinski definition) is 5. The Labute approximate surface area is 145 Å². The molecule has 0 saturated carbocycles. The number of hydrogen-bond donors (Lipinski definition) is 1. The molecule has 0 bridgehead atoms. The summed E-state index contributed by atoms with van der Waals surface area (Å²) in [6, 6.07) is 9.36. The summed E-state index contributed by atoms with van der Waals surface area (Å²) in [7, 11) is 0. The molecule has 1 amide bonds. The third kappa shape index (κ3) is 4.29. The first kappa shape index (κ1) is 17.7. The van der Waals surface area contributed by atoms with Crippen LogP contribution in [0.5, 0.6) is 5.88 Å². The van der Waals surface area contributed by atoms with Crippen molar-refractivity contribution >= 4 is 17.6 Å². The summed E-state index contributed by atoms with van der Waals surface area (Å²) in [6.07, 6.45) is -4.08. The van der Waals surface area contributed by atoms with Gasteiger partial charge in [0, 0.05) is 12.5 Å². The maximum atomic E-state index is 12.3. The Balaban J connectivity index is 1.61. The second-order valence-electron chi connectivity index (χ2n) is 5.53. The largest absolute Gasteiger partial charge is 0.468 e. The van der Waals surface area contributed by atoms with Crippen LogP contribution in [0.15, 0.2) is 42.6 Å². The molecule has 0 radical (unpaired) electrons. The van der Waals surface area contributed by atoms with Gasteiger partial charge in [0.25, 0.3) is 5.91 Å². The number of halogens is 3. The number of ether oxygens (including phenoxy) is 2. The minimum absolute atomic E-state index is 0.224. The zero-order chi connectivity index (χ0) is 18.7. The lowest BCUT2D eigenvalue weighted by atomic mass is 9.98. The molecular formula is C17H13F3N2O4. The quantitative estimate of drug-likeness (QED) is 0.842. The van der Waals surface area contributed by atoms with E-state index in [1.54, 1.807) is 24.3 Å². The lowest BCUT2D eigenvalue weighted by Crippen LogP contribution is -2.37. The fourth-order valence-electron chi connectivity index (χ4n) is 2.40. The van der Waals surface area contributed by atoms with Crippen LogP contribution in [0.25, 0.3) is 0 Å². The zero-order valence-electron chi connectivity index (χ0n) is 13.2. The summed E-state index contributed by atoms with van der Waals surface area (Å²) in [5.74, 6) is -1.36. The first-order chi connectivity index (χ1) is 12.3. The zero-order valence-corrected chi connectivity index (χ0v) is 13.2. The lowest BCUT2D eigenvalue weighted by molar-refractivity contribution is -0.154. The molecule has 0 spiro atoms. The van der Waals surface area contributed by atoms with Crippen LogP contribution in [0.4, 0.5) is 18.9 Å². The van der Waals surface area contributed by atoms with Gasteiger partial charge < -0.3 is 14.8 Å². The van der Waals surface area contributed by atoms with Gasteiger partial charge in [-0.25, -0.2) is 9.78 Å². The maximum Gasteiger partial charge on any atom is 0.422 e. The van der Waals surface area contributed by atoms with Gasteiger partial charge in [-0.3, -0.25) is 4.79 Å². The summed E-state index contributed by atoms with van der Waals surface area (Å²) in [6.45, 7) is -1.46. The second-order valence-corrected chi connectivity index (χ2v) is 5.53. The smallest absolute Gasteiger partial charge is 0.422 e. The highest BCUT2D eigenvalue weighted by Gasteiger charge is 2.31. The van der Waals surface area contributed by atoms with Gasteiger partial charge in [-0.05, 0) is 17.7 Å². The highest BCUT2D eigenvalue weighted by molar-refractivity contribution is 5.99. The molecule has 1 aromatic heterocycles. The van der Waals surface area contributed by atoms with E-state index in [9.17, 15) is 22.8 Å². The van der Waals surface area contributed by atoms with E-state index in [1.165, 1.54) is 12.1 Å². The van der Waals surface area contributed by atoms with Crippen molar-refractivity contribution in [2.75, 3.05) is 11.9 Å². The lowest BCUT2D eigenvalue weighted by Gasteiger charge is -2.23. The van der Waals surface area contributed by atoms with Gasteiger partial charge in [0.1, 0.15) is 0 Å². The van der Waals surface area contributed by atoms with Crippen LogP contribution < -0.4 is 10.1 Å². The highest BCUT2D eigenvalue weighted by Crippen LogP contribution is 2.22. The van der Waals surface area contributed by atoms with E-state index in [2.05, 4.69) is 15.0 Å². The van der Waals surface area contributed by atoms with E-state index in [0.29, 0.717) is 11.1 Å². The fraction of sp³-hybridized carbons (Fsp3) is 0.235. The molecule has 0 unspecified atom stereocenters. The average Bonchev–Trinajstić information content (AvgIpc) is 2.60. The number of benzene rings is 1. The van der Waals surface area contributed by atoms with Gasteiger partial charge in [-0.1, -0.05) is 18.2 Å². The van der Waals surface area contributed by atoms with E-state index in [1.807, 2.05) is 0 Å². The Kier molecular flexibility index (Phi) is 4.79. The molecule has 1 N–H and O–H groups in total. The Morgan fingerprint density at radius 1 is 1.27 bits per heavy atom. The summed E-state index contributed by atoms with van der Waals surface area (Å²) in [5, 5.41) is 2.51. The SMILES string of the molecule is O=C1O[C@@H](C(=O)Nc2ccc(OCC(F)(F)F)nc2)Cc2ccccc21. The molecule has 1 aliphatic rings. The average molecular weight is 366 g/mol. The van der Waals surface area contributed by atoms with E-state index < -0.39 is 30.8 Å². The number of cyclic esters (lactones) is 1. The standard InChI is InChI=1S/C17H13F3N2O4/c18-17(19,20)9-25-14-6-5-11(8-21-14)22-15(23)13-7-10-3-1-2-4-12(10)16(24)26-13/h1-6,8,13H,7,9H2,(H,22,23)/t13-/m1/s1. The molecule has 0 aliphatic carbocycles. The molecule has 1 aromatic carbocycles. The molecule has 1 atom stereocenters. The topological polar surface area (TPSA) is 77.5 Å². The van der Waals surface area contributed by atoms with Gasteiger partial charge in [-0.15, -0.1) is 0 Å². The van der Waals surface area contributed by atoms with Crippen molar-refractivity contribution in [3.63, 3.8) is 0 Å². The normalized spacial score (nSPS) is 16.4. The maximum absolute atomic E-state index is 12.3. The number of carbonyl (C=O) groups excluding carboxylic acids is 2. The predicted octanol–water partition coefficient (Wildman–Crippen LogP) is 2.74. The first-order valence-corrected chi connectivity index (χ1v) is 7.57. The summed E-state index contributed by atoms with van der Waals surface area (Å²) < 4.78 is 45.9. The monoisotopic (exact) mass is 366 g/mol. The van der Waals surface area contributed by atoms with Gasteiger partial charge >= 0.3 is 12.1 Å². The van der Waals surface area contributed by atoms with Crippen molar-refractivity contribution in [1.29, 1.82) is 0 Å². The molecule has 2 heterocycles.